The Bertz CT molecular complexity index is 636. The summed E-state index contributed by atoms with van der Waals surface area (Å²) in [6, 6.07) is 1.57. The Balaban J connectivity index is 2.00. The molecule has 0 bridgehead atoms. The maximum absolute atomic E-state index is 11.7. The Hall–Kier alpha value is -2.36. The second-order valence-corrected chi connectivity index (χ2v) is 5.35. The van der Waals surface area contributed by atoms with E-state index in [0.29, 0.717) is 5.16 Å². The predicted octanol–water partition coefficient (Wildman–Crippen LogP) is -0.320. The van der Waals surface area contributed by atoms with E-state index in [1.54, 1.807) is 10.9 Å². The van der Waals surface area contributed by atoms with Gasteiger partial charge in [-0.15, -0.1) is 0 Å². The molecule has 0 atom stereocenters. The third kappa shape index (κ3) is 4.31. The highest BCUT2D eigenvalue weighted by atomic mass is 32.2. The molecule has 0 aliphatic carbocycles. The van der Waals surface area contributed by atoms with E-state index in [1.807, 2.05) is 13.8 Å². The lowest BCUT2D eigenvalue weighted by atomic mass is 10.4. The highest BCUT2D eigenvalue weighted by molar-refractivity contribution is 7.99. The Labute approximate surface area is 125 Å². The molecule has 0 aliphatic heterocycles. The summed E-state index contributed by atoms with van der Waals surface area (Å²) in [6.45, 7) is 3.87. The number of nitrogens with two attached hydrogens (primary N) is 2. The summed E-state index contributed by atoms with van der Waals surface area (Å²) < 4.78 is 6.50. The van der Waals surface area contributed by atoms with Gasteiger partial charge in [0.25, 0.3) is 6.20 Å². The molecule has 2 aromatic rings. The van der Waals surface area contributed by atoms with Crippen LogP contribution in [0.25, 0.3) is 0 Å². The Morgan fingerprint density at radius 1 is 1.43 bits per heavy atom. The number of nitrogen functional groups attached to an aromatic ring is 2. The fourth-order valence-corrected chi connectivity index (χ4v) is 2.01. The second-order valence-electron chi connectivity index (χ2n) is 4.41. The van der Waals surface area contributed by atoms with Gasteiger partial charge in [-0.25, -0.2) is 15.0 Å². The van der Waals surface area contributed by atoms with E-state index >= 15 is 0 Å². The SMILES string of the molecule is CC(C)[n+]1cc(/N=C(\[O-])CSc2nc(N)cc(N)n2)on1. The molecule has 0 unspecified atom stereocenters. The lowest BCUT2D eigenvalue weighted by Crippen LogP contribution is -2.36. The molecule has 0 radical (unpaired) electrons. The topological polar surface area (TPSA) is 143 Å². The van der Waals surface area contributed by atoms with Crippen molar-refractivity contribution < 1.29 is 14.3 Å². The number of hydrogen-bond acceptors (Lipinski definition) is 9. The zero-order chi connectivity index (χ0) is 15.4. The number of aliphatic imine (C=N–C) groups is 1. The van der Waals surface area contributed by atoms with Crippen molar-refractivity contribution in [2.45, 2.75) is 25.0 Å². The van der Waals surface area contributed by atoms with Crippen molar-refractivity contribution in [1.29, 1.82) is 0 Å². The maximum atomic E-state index is 11.7. The van der Waals surface area contributed by atoms with Gasteiger partial charge in [0.05, 0.1) is 0 Å². The van der Waals surface area contributed by atoms with Crippen LogP contribution >= 0.6 is 11.8 Å². The van der Waals surface area contributed by atoms with Crippen LogP contribution in [0.15, 0.2) is 26.9 Å². The largest absolute Gasteiger partial charge is 0.861 e. The standard InChI is InChI=1S/C11H15N7O2S/c1-6(2)18-4-10(20-17-18)16-9(19)5-21-11-14-7(12)3-8(13)15-11/h3-4,6H,5H2,1-2H3,(H4-,12,13,14,15,16,17,19). The summed E-state index contributed by atoms with van der Waals surface area (Å²) in [7, 11) is 0. The van der Waals surface area contributed by atoms with Crippen molar-refractivity contribution in [1.82, 2.24) is 15.2 Å². The van der Waals surface area contributed by atoms with Crippen LogP contribution in [-0.2, 0) is 0 Å². The first-order valence-corrected chi connectivity index (χ1v) is 7.08. The van der Waals surface area contributed by atoms with Gasteiger partial charge in [-0.05, 0) is 24.4 Å². The van der Waals surface area contributed by atoms with Crippen molar-refractivity contribution in [2.24, 2.45) is 4.99 Å². The number of rotatable bonds is 5. The number of aromatic nitrogens is 4. The van der Waals surface area contributed by atoms with Crippen molar-refractivity contribution in [2.75, 3.05) is 17.2 Å². The van der Waals surface area contributed by atoms with Gasteiger partial charge >= 0.3 is 5.88 Å². The van der Waals surface area contributed by atoms with E-state index in [2.05, 4.69) is 20.2 Å². The minimum absolute atomic E-state index is 0.0469. The minimum Gasteiger partial charge on any atom is -0.861 e. The van der Waals surface area contributed by atoms with Crippen molar-refractivity contribution >= 4 is 35.2 Å². The molecule has 0 aliphatic rings. The molecule has 0 saturated carbocycles. The van der Waals surface area contributed by atoms with Gasteiger partial charge in [-0.1, -0.05) is 11.8 Å². The average molecular weight is 309 g/mol. The Kier molecular flexibility index (Phi) is 4.58. The molecule has 2 heterocycles. The summed E-state index contributed by atoms with van der Waals surface area (Å²) in [5.41, 5.74) is 11.1. The van der Waals surface area contributed by atoms with Crippen molar-refractivity contribution in [3.05, 3.63) is 12.3 Å². The lowest BCUT2D eigenvalue weighted by Gasteiger charge is -2.07. The van der Waals surface area contributed by atoms with E-state index in [0.717, 1.165) is 11.8 Å². The molecule has 0 spiro atoms. The Morgan fingerprint density at radius 2 is 2.10 bits per heavy atom. The van der Waals surface area contributed by atoms with E-state index in [4.69, 9.17) is 16.0 Å². The molecular weight excluding hydrogens is 294 g/mol. The van der Waals surface area contributed by atoms with E-state index in [-0.39, 0.29) is 29.3 Å². The minimum atomic E-state index is -0.392. The van der Waals surface area contributed by atoms with Crippen LogP contribution in [0.5, 0.6) is 0 Å². The van der Waals surface area contributed by atoms with Gasteiger partial charge in [0.15, 0.2) is 11.2 Å². The number of nitrogens with zero attached hydrogens (tertiary/aromatic N) is 5. The summed E-state index contributed by atoms with van der Waals surface area (Å²) in [6.07, 6.45) is 1.56. The van der Waals surface area contributed by atoms with Gasteiger partial charge in [0.2, 0.25) is 5.27 Å². The van der Waals surface area contributed by atoms with E-state index < -0.39 is 5.90 Å². The lowest BCUT2D eigenvalue weighted by molar-refractivity contribution is -0.779. The number of anilines is 2. The third-order valence-electron chi connectivity index (χ3n) is 2.31. The predicted molar refractivity (Wildman–Crippen MR) is 75.8 cm³/mol. The smallest absolute Gasteiger partial charge is 0.320 e. The van der Waals surface area contributed by atoms with Gasteiger partial charge in [-0.3, -0.25) is 4.52 Å². The van der Waals surface area contributed by atoms with Gasteiger partial charge in [-0.2, -0.15) is 0 Å². The van der Waals surface area contributed by atoms with Crippen LogP contribution in [0, 0.1) is 0 Å². The van der Waals surface area contributed by atoms with Crippen molar-refractivity contribution in [3.63, 3.8) is 0 Å². The molecule has 0 fully saturated rings. The zero-order valence-corrected chi connectivity index (χ0v) is 12.4. The quantitative estimate of drug-likeness (QED) is 0.251. The van der Waals surface area contributed by atoms with Crippen LogP contribution in [0.3, 0.4) is 0 Å². The molecular formula is C11H15N7O2S. The molecule has 4 N–H and O–H groups in total. The second kappa shape index (κ2) is 6.39. The number of hydrogen-bond donors (Lipinski definition) is 2. The van der Waals surface area contributed by atoms with Crippen LogP contribution < -0.4 is 21.3 Å². The fourth-order valence-electron chi connectivity index (χ4n) is 1.35. The molecule has 2 rings (SSSR count). The molecule has 0 saturated heterocycles. The molecule has 2 aromatic heterocycles. The Morgan fingerprint density at radius 3 is 2.67 bits per heavy atom. The summed E-state index contributed by atoms with van der Waals surface area (Å²) in [4.78, 5) is 11.7. The molecule has 0 amide bonds. The first-order chi connectivity index (χ1) is 9.94. The summed E-state index contributed by atoms with van der Waals surface area (Å²) >= 11 is 1.09. The van der Waals surface area contributed by atoms with Gasteiger partial charge < -0.3 is 16.6 Å². The van der Waals surface area contributed by atoms with Crippen LogP contribution in [0.2, 0.25) is 0 Å². The summed E-state index contributed by atoms with van der Waals surface area (Å²) in [5, 5.41) is 15.8. The first kappa shape index (κ1) is 15.0. The first-order valence-electron chi connectivity index (χ1n) is 6.09. The molecule has 112 valence electrons. The molecule has 10 heteroatoms. The number of thioether (sulfide) groups is 1. The highest BCUT2D eigenvalue weighted by Gasteiger charge is 2.13. The van der Waals surface area contributed by atoms with Crippen LogP contribution in [0.4, 0.5) is 17.5 Å². The highest BCUT2D eigenvalue weighted by Crippen LogP contribution is 2.16. The van der Waals surface area contributed by atoms with Gasteiger partial charge in [0, 0.05) is 11.8 Å². The molecule has 21 heavy (non-hydrogen) atoms. The van der Waals surface area contributed by atoms with Crippen LogP contribution in [-0.4, -0.2) is 26.9 Å². The molecule has 0 aromatic carbocycles. The van der Waals surface area contributed by atoms with Gasteiger partial charge in [0.1, 0.15) is 11.6 Å². The normalized spacial score (nSPS) is 12.0. The monoisotopic (exact) mass is 309 g/mol. The summed E-state index contributed by atoms with van der Waals surface area (Å²) in [5.74, 6) is 0.315. The molecule has 9 nitrogen and oxygen atoms in total. The maximum Gasteiger partial charge on any atom is 0.320 e. The van der Waals surface area contributed by atoms with Crippen molar-refractivity contribution in [3.8, 4) is 0 Å². The van der Waals surface area contributed by atoms with E-state index in [1.165, 1.54) is 6.07 Å². The van der Waals surface area contributed by atoms with Crippen LogP contribution in [0.1, 0.15) is 19.9 Å². The fraction of sp³-hybridized carbons (Fsp3) is 0.364. The third-order valence-corrected chi connectivity index (χ3v) is 3.14. The zero-order valence-electron chi connectivity index (χ0n) is 11.6. The van der Waals surface area contributed by atoms with E-state index in [9.17, 15) is 5.11 Å². The average Bonchev–Trinajstić information content (AvgIpc) is 2.84.